The van der Waals surface area contributed by atoms with Crippen molar-refractivity contribution >= 4 is 32.7 Å². The van der Waals surface area contributed by atoms with Gasteiger partial charge < -0.3 is 14.5 Å². The Labute approximate surface area is 273 Å². The van der Waals surface area contributed by atoms with E-state index in [1.54, 1.807) is 21.1 Å². The van der Waals surface area contributed by atoms with Crippen molar-refractivity contribution in [3.05, 3.63) is 82.4 Å². The fourth-order valence-electron chi connectivity index (χ4n) is 6.34. The zero-order valence-electron chi connectivity index (χ0n) is 27.9. The summed E-state index contributed by atoms with van der Waals surface area (Å²) in [7, 11) is 0.0592. The van der Waals surface area contributed by atoms with E-state index in [1.165, 1.54) is 0 Å². The minimum atomic E-state index is -3.73. The van der Waals surface area contributed by atoms with E-state index < -0.39 is 10.0 Å². The van der Waals surface area contributed by atoms with Crippen LogP contribution in [0.15, 0.2) is 59.5 Å². The predicted octanol–water partition coefficient (Wildman–Crippen LogP) is 5.02. The molecule has 1 aliphatic rings. The summed E-state index contributed by atoms with van der Waals surface area (Å²) in [5.41, 5.74) is 7.17. The smallest absolute Gasteiger partial charge is 0.306 e. The monoisotopic (exact) mass is 646 g/mol. The highest BCUT2D eigenvalue weighted by molar-refractivity contribution is 7.89. The molecule has 1 aliphatic heterocycles. The quantitative estimate of drug-likeness (QED) is 0.156. The maximum Gasteiger partial charge on any atom is 0.306 e. The van der Waals surface area contributed by atoms with Gasteiger partial charge in [0, 0.05) is 46.2 Å². The standard InChI is InChI=1S/C35H46N6O4S/c1-7-40(8-2)18-11-21-45-34(42)23-30(29-16-17-32-35(26(29)4)36-37-39(32)6)27-15-14-25(3)28(22-27)24-41-20-19-38(5)31-12-9-10-13-33(31)46(41,43)44/h9-10,12-17,22,30H,7-8,11,18-21,23-24H2,1-6H3. The summed E-state index contributed by atoms with van der Waals surface area (Å²) in [4.78, 5) is 18.0. The lowest BCUT2D eigenvalue weighted by Gasteiger charge is -2.24. The molecule has 11 heteroatoms. The number of nitrogens with zero attached hydrogens (tertiary/aromatic N) is 6. The highest BCUT2D eigenvalue weighted by Gasteiger charge is 2.32. The number of rotatable bonds is 12. The molecule has 46 heavy (non-hydrogen) atoms. The molecule has 5 rings (SSSR count). The van der Waals surface area contributed by atoms with Crippen LogP contribution in [0.25, 0.3) is 11.0 Å². The van der Waals surface area contributed by atoms with Crippen LogP contribution in [-0.2, 0) is 33.1 Å². The van der Waals surface area contributed by atoms with E-state index in [1.807, 2.05) is 69.2 Å². The van der Waals surface area contributed by atoms with Crippen LogP contribution in [0.4, 0.5) is 5.69 Å². The number of aryl methyl sites for hydroxylation is 3. The molecule has 3 aromatic carbocycles. The number of anilines is 1. The Morgan fingerprint density at radius 1 is 1.02 bits per heavy atom. The van der Waals surface area contributed by atoms with Crippen molar-refractivity contribution in [1.82, 2.24) is 24.2 Å². The third-order valence-electron chi connectivity index (χ3n) is 9.30. The number of benzene rings is 3. The molecule has 1 unspecified atom stereocenters. The summed E-state index contributed by atoms with van der Waals surface area (Å²) in [6.07, 6.45) is 0.931. The van der Waals surface area contributed by atoms with Crippen molar-refractivity contribution in [3.63, 3.8) is 0 Å². The average Bonchev–Trinajstić information content (AvgIpc) is 3.40. The van der Waals surface area contributed by atoms with Gasteiger partial charge in [-0.1, -0.05) is 55.5 Å². The van der Waals surface area contributed by atoms with Gasteiger partial charge in [0.1, 0.15) is 10.4 Å². The summed E-state index contributed by atoms with van der Waals surface area (Å²) in [6, 6.07) is 17.3. The molecule has 0 N–H and O–H groups in total. The molecule has 0 fully saturated rings. The molecular weight excluding hydrogens is 600 g/mol. The molecule has 1 aromatic heterocycles. The van der Waals surface area contributed by atoms with Crippen molar-refractivity contribution in [2.45, 2.75) is 57.9 Å². The Morgan fingerprint density at radius 2 is 1.78 bits per heavy atom. The molecule has 0 radical (unpaired) electrons. The van der Waals surface area contributed by atoms with Gasteiger partial charge in [0.05, 0.1) is 24.2 Å². The molecule has 0 saturated heterocycles. The zero-order valence-corrected chi connectivity index (χ0v) is 28.7. The van der Waals surface area contributed by atoms with E-state index in [0.717, 1.165) is 64.9 Å². The SMILES string of the molecule is CCN(CC)CCCOC(=O)CC(c1ccc(C)c(CN2CCN(C)c3ccccc3S2(=O)=O)c1)c1ccc2c(nnn2C)c1C. The van der Waals surface area contributed by atoms with E-state index in [2.05, 4.69) is 35.1 Å². The normalized spacial score (nSPS) is 15.6. The summed E-state index contributed by atoms with van der Waals surface area (Å²) >= 11 is 0. The molecule has 0 amide bonds. The second-order valence-electron chi connectivity index (χ2n) is 12.1. The van der Waals surface area contributed by atoms with Gasteiger partial charge in [-0.15, -0.1) is 5.10 Å². The first-order valence-corrected chi connectivity index (χ1v) is 17.6. The molecule has 0 bridgehead atoms. The van der Waals surface area contributed by atoms with Crippen molar-refractivity contribution in [2.75, 3.05) is 51.3 Å². The van der Waals surface area contributed by atoms with Gasteiger partial charge >= 0.3 is 5.97 Å². The van der Waals surface area contributed by atoms with E-state index in [-0.39, 0.29) is 24.9 Å². The largest absolute Gasteiger partial charge is 0.466 e. The van der Waals surface area contributed by atoms with Crippen LogP contribution in [0, 0.1) is 13.8 Å². The number of sulfonamides is 1. The van der Waals surface area contributed by atoms with E-state index in [4.69, 9.17) is 4.74 Å². The third-order valence-corrected chi connectivity index (χ3v) is 11.2. The van der Waals surface area contributed by atoms with Crippen LogP contribution in [0.5, 0.6) is 0 Å². The number of hydrogen-bond acceptors (Lipinski definition) is 8. The number of carbonyl (C=O) groups excluding carboxylic acids is 1. The number of carbonyl (C=O) groups is 1. The number of hydrogen-bond donors (Lipinski definition) is 0. The minimum absolute atomic E-state index is 0.153. The first kappa shape index (κ1) is 33.6. The summed E-state index contributed by atoms with van der Waals surface area (Å²) in [5.74, 6) is -0.575. The molecule has 4 aromatic rings. The van der Waals surface area contributed by atoms with Crippen LogP contribution in [0.3, 0.4) is 0 Å². The van der Waals surface area contributed by atoms with E-state index >= 15 is 0 Å². The molecule has 0 saturated carbocycles. The Kier molecular flexibility index (Phi) is 10.4. The van der Waals surface area contributed by atoms with Gasteiger partial charge in [-0.05, 0) is 79.4 Å². The van der Waals surface area contributed by atoms with Gasteiger partial charge in [-0.2, -0.15) is 4.31 Å². The first-order chi connectivity index (χ1) is 22.0. The van der Waals surface area contributed by atoms with Crippen molar-refractivity contribution < 1.29 is 17.9 Å². The second kappa shape index (κ2) is 14.3. The zero-order chi connectivity index (χ0) is 33.0. The third kappa shape index (κ3) is 6.96. The number of fused-ring (bicyclic) bond motifs is 2. The van der Waals surface area contributed by atoms with Gasteiger partial charge in [-0.3, -0.25) is 4.79 Å². The Bertz CT molecular complexity index is 1800. The first-order valence-electron chi connectivity index (χ1n) is 16.1. The number of ether oxygens (including phenoxy) is 1. The van der Waals surface area contributed by atoms with E-state index in [9.17, 15) is 13.2 Å². The molecular formula is C35H46N6O4S. The highest BCUT2D eigenvalue weighted by Crippen LogP contribution is 2.36. The van der Waals surface area contributed by atoms with Gasteiger partial charge in [0.2, 0.25) is 10.0 Å². The van der Waals surface area contributed by atoms with Crippen molar-refractivity contribution in [1.29, 1.82) is 0 Å². The summed E-state index contributed by atoms with van der Waals surface area (Å²) in [6.45, 7) is 12.6. The van der Waals surface area contributed by atoms with Gasteiger partial charge in [0.15, 0.2) is 0 Å². The van der Waals surface area contributed by atoms with Crippen molar-refractivity contribution in [2.24, 2.45) is 7.05 Å². The van der Waals surface area contributed by atoms with Crippen molar-refractivity contribution in [3.8, 4) is 0 Å². The fourth-order valence-corrected chi connectivity index (χ4v) is 7.99. The van der Waals surface area contributed by atoms with Crippen LogP contribution in [0.1, 0.15) is 60.4 Å². The second-order valence-corrected chi connectivity index (χ2v) is 14.0. The maximum absolute atomic E-state index is 13.9. The number of aromatic nitrogens is 3. The van der Waals surface area contributed by atoms with Gasteiger partial charge in [0.25, 0.3) is 0 Å². The molecule has 2 heterocycles. The number of para-hydroxylation sites is 1. The van der Waals surface area contributed by atoms with Crippen LogP contribution < -0.4 is 4.90 Å². The lowest BCUT2D eigenvalue weighted by molar-refractivity contribution is -0.144. The maximum atomic E-state index is 13.9. The van der Waals surface area contributed by atoms with Crippen LogP contribution in [0.2, 0.25) is 0 Å². The van der Waals surface area contributed by atoms with E-state index in [0.29, 0.717) is 30.3 Å². The average molecular weight is 647 g/mol. The Hall–Kier alpha value is -3.80. The molecule has 246 valence electrons. The molecule has 0 spiro atoms. The summed E-state index contributed by atoms with van der Waals surface area (Å²) < 4.78 is 36.8. The molecule has 0 aliphatic carbocycles. The van der Waals surface area contributed by atoms with Crippen LogP contribution in [-0.4, -0.2) is 85.0 Å². The number of likely N-dealkylation sites (N-methyl/N-ethyl adjacent to an activating group) is 1. The highest BCUT2D eigenvalue weighted by atomic mass is 32.2. The minimum Gasteiger partial charge on any atom is -0.466 e. The molecule has 10 nitrogen and oxygen atoms in total. The lowest BCUT2D eigenvalue weighted by Crippen LogP contribution is -2.33. The Morgan fingerprint density at radius 3 is 2.54 bits per heavy atom. The predicted molar refractivity (Wildman–Crippen MR) is 182 cm³/mol. The van der Waals surface area contributed by atoms with Gasteiger partial charge in [-0.25, -0.2) is 13.1 Å². The Balaban J connectivity index is 1.46. The topological polar surface area (TPSA) is 101 Å². The fraction of sp³-hybridized carbons (Fsp3) is 0.457. The summed E-state index contributed by atoms with van der Waals surface area (Å²) in [5, 5.41) is 8.61. The lowest BCUT2D eigenvalue weighted by atomic mass is 9.84. The number of esters is 1. The molecule has 1 atom stereocenters. The van der Waals surface area contributed by atoms with Crippen LogP contribution >= 0.6 is 0 Å².